The summed E-state index contributed by atoms with van der Waals surface area (Å²) in [5, 5.41) is 3.48. The van der Waals surface area contributed by atoms with Gasteiger partial charge in [0.05, 0.1) is 19.3 Å². The number of hydrogen-bond acceptors (Lipinski definition) is 3. The molecule has 1 unspecified atom stereocenters. The van der Waals surface area contributed by atoms with E-state index in [1.54, 1.807) is 0 Å². The van der Waals surface area contributed by atoms with Crippen LogP contribution in [-0.4, -0.2) is 26.4 Å². The first-order valence-electron chi connectivity index (χ1n) is 8.00. The van der Waals surface area contributed by atoms with Gasteiger partial charge in [0, 0.05) is 6.61 Å². The van der Waals surface area contributed by atoms with Crippen LogP contribution in [-0.2, 0) is 4.74 Å². The summed E-state index contributed by atoms with van der Waals surface area (Å²) in [4.78, 5) is 0. The summed E-state index contributed by atoms with van der Waals surface area (Å²) in [6.45, 7) is 14.0. The minimum absolute atomic E-state index is 0.241. The molecule has 120 valence electrons. The first-order chi connectivity index (χ1) is 9.96. The Labute approximate surface area is 130 Å². The molecular formula is C18H31NO2. The third-order valence-corrected chi connectivity index (χ3v) is 3.32. The predicted molar refractivity (Wildman–Crippen MR) is 88.9 cm³/mol. The van der Waals surface area contributed by atoms with Crippen LogP contribution in [0.25, 0.3) is 0 Å². The molecule has 0 saturated heterocycles. The van der Waals surface area contributed by atoms with Crippen LogP contribution < -0.4 is 10.1 Å². The molecule has 1 N–H and O–H groups in total. The minimum atomic E-state index is 0.241. The second-order valence-electron chi connectivity index (χ2n) is 6.50. The highest BCUT2D eigenvalue weighted by Crippen LogP contribution is 2.20. The molecule has 1 aromatic carbocycles. The Balaban J connectivity index is 2.51. The zero-order valence-electron chi connectivity index (χ0n) is 14.2. The second-order valence-corrected chi connectivity index (χ2v) is 6.50. The van der Waals surface area contributed by atoms with Crippen LogP contribution in [0.1, 0.15) is 52.6 Å². The normalized spacial score (nSPS) is 13.2. The number of ether oxygens (including phenoxy) is 2. The van der Waals surface area contributed by atoms with Crippen molar-refractivity contribution in [1.82, 2.24) is 5.32 Å². The highest BCUT2D eigenvalue weighted by molar-refractivity contribution is 5.29. The maximum atomic E-state index is 5.86. The molecule has 0 heterocycles. The van der Waals surface area contributed by atoms with Gasteiger partial charge in [-0.3, -0.25) is 0 Å². The van der Waals surface area contributed by atoms with Crippen LogP contribution in [0.3, 0.4) is 0 Å². The van der Waals surface area contributed by atoms with E-state index in [2.05, 4.69) is 45.1 Å². The molecule has 0 aliphatic heterocycles. The SMILES string of the molecule is CCNC(COCCC(C)(C)C)c1ccc(OCC)cc1. The molecule has 1 atom stereocenters. The summed E-state index contributed by atoms with van der Waals surface area (Å²) in [5.74, 6) is 0.921. The highest BCUT2D eigenvalue weighted by Gasteiger charge is 2.13. The van der Waals surface area contributed by atoms with Crippen LogP contribution >= 0.6 is 0 Å². The molecule has 0 aliphatic rings. The lowest BCUT2D eigenvalue weighted by atomic mass is 9.93. The van der Waals surface area contributed by atoms with E-state index in [-0.39, 0.29) is 6.04 Å². The van der Waals surface area contributed by atoms with Crippen molar-refractivity contribution in [3.8, 4) is 5.75 Å². The average Bonchev–Trinajstić information content (AvgIpc) is 2.42. The van der Waals surface area contributed by atoms with Crippen LogP contribution in [0.4, 0.5) is 0 Å². The zero-order chi connectivity index (χ0) is 15.7. The summed E-state index contributed by atoms with van der Waals surface area (Å²) in [5.41, 5.74) is 1.57. The largest absolute Gasteiger partial charge is 0.494 e. The number of nitrogens with one attached hydrogen (secondary N) is 1. The van der Waals surface area contributed by atoms with Crippen molar-refractivity contribution in [2.24, 2.45) is 5.41 Å². The summed E-state index contributed by atoms with van der Waals surface area (Å²) >= 11 is 0. The van der Waals surface area contributed by atoms with Crippen molar-refractivity contribution in [3.05, 3.63) is 29.8 Å². The summed E-state index contributed by atoms with van der Waals surface area (Å²) in [6.07, 6.45) is 1.08. The van der Waals surface area contributed by atoms with E-state index in [1.165, 1.54) is 5.56 Å². The molecule has 1 rings (SSSR count). The van der Waals surface area contributed by atoms with E-state index in [0.717, 1.165) is 25.3 Å². The molecule has 0 fully saturated rings. The van der Waals surface area contributed by atoms with E-state index < -0.39 is 0 Å². The van der Waals surface area contributed by atoms with Crippen molar-refractivity contribution in [1.29, 1.82) is 0 Å². The molecule has 0 saturated carbocycles. The molecule has 0 amide bonds. The molecule has 0 radical (unpaired) electrons. The van der Waals surface area contributed by atoms with Crippen LogP contribution in [0, 0.1) is 5.41 Å². The summed E-state index contributed by atoms with van der Waals surface area (Å²) < 4.78 is 11.3. The van der Waals surface area contributed by atoms with Gasteiger partial charge in [-0.1, -0.05) is 39.8 Å². The van der Waals surface area contributed by atoms with E-state index in [4.69, 9.17) is 9.47 Å². The van der Waals surface area contributed by atoms with Crippen LogP contribution in [0.5, 0.6) is 5.75 Å². The van der Waals surface area contributed by atoms with Gasteiger partial charge < -0.3 is 14.8 Å². The van der Waals surface area contributed by atoms with Gasteiger partial charge in [-0.05, 0) is 43.0 Å². The molecule has 0 bridgehead atoms. The lowest BCUT2D eigenvalue weighted by Crippen LogP contribution is -2.26. The molecule has 21 heavy (non-hydrogen) atoms. The van der Waals surface area contributed by atoms with Gasteiger partial charge in [0.25, 0.3) is 0 Å². The maximum absolute atomic E-state index is 5.86. The maximum Gasteiger partial charge on any atom is 0.119 e. The Morgan fingerprint density at radius 1 is 1.10 bits per heavy atom. The van der Waals surface area contributed by atoms with Crippen molar-refractivity contribution >= 4 is 0 Å². The van der Waals surface area contributed by atoms with Gasteiger partial charge >= 0.3 is 0 Å². The Morgan fingerprint density at radius 3 is 2.29 bits per heavy atom. The Bertz CT molecular complexity index is 381. The second kappa shape index (κ2) is 9.06. The molecule has 3 heteroatoms. The first-order valence-corrected chi connectivity index (χ1v) is 8.00. The molecule has 1 aromatic rings. The fourth-order valence-electron chi connectivity index (χ4n) is 2.06. The summed E-state index contributed by atoms with van der Waals surface area (Å²) in [6, 6.07) is 8.53. The number of hydrogen-bond donors (Lipinski definition) is 1. The fourth-order valence-corrected chi connectivity index (χ4v) is 2.06. The Morgan fingerprint density at radius 2 is 1.76 bits per heavy atom. The van der Waals surface area contributed by atoms with Gasteiger partial charge in [-0.15, -0.1) is 0 Å². The average molecular weight is 293 g/mol. The van der Waals surface area contributed by atoms with E-state index in [1.807, 2.05) is 19.1 Å². The Kier molecular flexibility index (Phi) is 7.76. The van der Waals surface area contributed by atoms with E-state index in [9.17, 15) is 0 Å². The molecule has 0 aromatic heterocycles. The Hall–Kier alpha value is -1.06. The van der Waals surface area contributed by atoms with E-state index >= 15 is 0 Å². The van der Waals surface area contributed by atoms with Crippen molar-refractivity contribution in [3.63, 3.8) is 0 Å². The molecule has 0 spiro atoms. The first kappa shape index (κ1) is 18.0. The fraction of sp³-hybridized carbons (Fsp3) is 0.667. The monoisotopic (exact) mass is 293 g/mol. The lowest BCUT2D eigenvalue weighted by Gasteiger charge is -2.21. The van der Waals surface area contributed by atoms with Gasteiger partial charge in [0.15, 0.2) is 0 Å². The van der Waals surface area contributed by atoms with Crippen molar-refractivity contribution in [2.75, 3.05) is 26.4 Å². The minimum Gasteiger partial charge on any atom is -0.494 e. The van der Waals surface area contributed by atoms with Gasteiger partial charge in [0.1, 0.15) is 5.75 Å². The third kappa shape index (κ3) is 7.49. The smallest absolute Gasteiger partial charge is 0.119 e. The summed E-state index contributed by atoms with van der Waals surface area (Å²) in [7, 11) is 0. The van der Waals surface area contributed by atoms with Crippen LogP contribution in [0.15, 0.2) is 24.3 Å². The quantitative estimate of drug-likeness (QED) is 0.693. The molecule has 0 aliphatic carbocycles. The lowest BCUT2D eigenvalue weighted by molar-refractivity contribution is 0.0901. The predicted octanol–water partition coefficient (Wildman–Crippen LogP) is 4.19. The number of rotatable bonds is 9. The third-order valence-electron chi connectivity index (χ3n) is 3.32. The van der Waals surface area contributed by atoms with Crippen molar-refractivity contribution < 1.29 is 9.47 Å². The number of likely N-dealkylation sites (N-methyl/N-ethyl adjacent to an activating group) is 1. The van der Waals surface area contributed by atoms with Crippen molar-refractivity contribution in [2.45, 2.75) is 47.1 Å². The van der Waals surface area contributed by atoms with Gasteiger partial charge in [0.2, 0.25) is 0 Å². The number of benzene rings is 1. The van der Waals surface area contributed by atoms with Gasteiger partial charge in [-0.25, -0.2) is 0 Å². The topological polar surface area (TPSA) is 30.5 Å². The molecule has 3 nitrogen and oxygen atoms in total. The van der Waals surface area contributed by atoms with Gasteiger partial charge in [-0.2, -0.15) is 0 Å². The zero-order valence-corrected chi connectivity index (χ0v) is 14.2. The highest BCUT2D eigenvalue weighted by atomic mass is 16.5. The standard InChI is InChI=1S/C18H31NO2/c1-6-19-17(14-20-13-12-18(3,4)5)15-8-10-16(11-9-15)21-7-2/h8-11,17,19H,6-7,12-14H2,1-5H3. The van der Waals surface area contributed by atoms with E-state index in [0.29, 0.717) is 18.6 Å². The van der Waals surface area contributed by atoms with Crippen LogP contribution in [0.2, 0.25) is 0 Å². The molecular weight excluding hydrogens is 262 g/mol.